The molecule has 0 aliphatic carbocycles. The molecule has 0 aliphatic heterocycles. The van der Waals surface area contributed by atoms with Crippen LogP contribution >= 0.6 is 23.4 Å². The normalized spacial score (nSPS) is 10.5. The minimum Gasteiger partial charge on any atom is -0.494 e. The Morgan fingerprint density at radius 3 is 2.67 bits per heavy atom. The zero-order valence-electron chi connectivity index (χ0n) is 11.1. The van der Waals surface area contributed by atoms with Crippen LogP contribution in [0.15, 0.2) is 38.9 Å². The highest BCUT2D eigenvalue weighted by molar-refractivity contribution is 7.99. The maximum atomic E-state index is 11.4. The van der Waals surface area contributed by atoms with E-state index in [1.807, 2.05) is 12.1 Å². The van der Waals surface area contributed by atoms with Gasteiger partial charge in [0.1, 0.15) is 5.75 Å². The Morgan fingerprint density at radius 1 is 1.19 bits per heavy atom. The Labute approximate surface area is 129 Å². The van der Waals surface area contributed by atoms with Crippen LogP contribution < -0.4 is 16.0 Å². The molecule has 0 atom stereocenters. The van der Waals surface area contributed by atoms with Crippen LogP contribution in [0.25, 0.3) is 0 Å². The highest BCUT2D eigenvalue weighted by Gasteiger charge is 2.02. The van der Waals surface area contributed by atoms with Gasteiger partial charge in [0, 0.05) is 5.02 Å². The van der Waals surface area contributed by atoms with Gasteiger partial charge < -0.3 is 4.74 Å². The van der Waals surface area contributed by atoms with Crippen LogP contribution in [0.2, 0.25) is 5.02 Å². The molecular formula is C13H14ClN3O3S. The largest absolute Gasteiger partial charge is 0.494 e. The Balaban J connectivity index is 1.65. The van der Waals surface area contributed by atoms with Crippen molar-refractivity contribution in [2.24, 2.45) is 0 Å². The van der Waals surface area contributed by atoms with E-state index >= 15 is 0 Å². The van der Waals surface area contributed by atoms with E-state index in [1.54, 1.807) is 12.1 Å². The first-order chi connectivity index (χ1) is 10.1. The van der Waals surface area contributed by atoms with Crippen LogP contribution in [0.4, 0.5) is 0 Å². The van der Waals surface area contributed by atoms with E-state index < -0.39 is 11.2 Å². The number of unbranched alkanes of at least 4 members (excludes halogenated alkanes) is 1. The summed E-state index contributed by atoms with van der Waals surface area (Å²) >= 11 is 7.09. The molecule has 1 heterocycles. The van der Waals surface area contributed by atoms with Gasteiger partial charge in [-0.2, -0.15) is 5.10 Å². The lowest BCUT2D eigenvalue weighted by molar-refractivity contribution is 0.310. The summed E-state index contributed by atoms with van der Waals surface area (Å²) in [6.45, 7) is 0.595. The van der Waals surface area contributed by atoms with Crippen molar-refractivity contribution in [2.45, 2.75) is 17.9 Å². The van der Waals surface area contributed by atoms with E-state index in [1.165, 1.54) is 11.8 Å². The van der Waals surface area contributed by atoms with Crippen molar-refractivity contribution in [1.29, 1.82) is 0 Å². The van der Waals surface area contributed by atoms with Crippen LogP contribution in [-0.4, -0.2) is 27.5 Å². The highest BCUT2D eigenvalue weighted by atomic mass is 35.5. The van der Waals surface area contributed by atoms with Crippen LogP contribution in [0.5, 0.6) is 5.75 Å². The minimum absolute atomic E-state index is 0.271. The summed E-state index contributed by atoms with van der Waals surface area (Å²) in [5.74, 6) is 1.51. The van der Waals surface area contributed by atoms with Crippen molar-refractivity contribution in [3.05, 3.63) is 50.1 Å². The van der Waals surface area contributed by atoms with E-state index in [9.17, 15) is 9.59 Å². The number of hydrogen-bond donors (Lipinski definition) is 2. The highest BCUT2D eigenvalue weighted by Crippen LogP contribution is 2.16. The minimum atomic E-state index is -0.597. The fourth-order valence-corrected chi connectivity index (χ4v) is 2.49. The molecule has 0 spiro atoms. The van der Waals surface area contributed by atoms with Crippen LogP contribution in [0.1, 0.15) is 12.8 Å². The maximum Gasteiger partial charge on any atom is 0.342 e. The number of hydrogen-bond acceptors (Lipinski definition) is 5. The standard InChI is InChI=1S/C13H14ClN3O3S/c14-9-3-5-10(6-4-9)20-7-1-2-8-21-12-11(18)15-13(19)17-16-12/h3-6H,1-2,7-8H2,(H2,15,17,18,19). The van der Waals surface area contributed by atoms with Gasteiger partial charge in [-0.1, -0.05) is 23.4 Å². The predicted molar refractivity (Wildman–Crippen MR) is 82.4 cm³/mol. The molecule has 0 saturated carbocycles. The first kappa shape index (κ1) is 15.7. The number of rotatable bonds is 7. The second-order valence-electron chi connectivity index (χ2n) is 4.17. The number of benzene rings is 1. The smallest absolute Gasteiger partial charge is 0.342 e. The monoisotopic (exact) mass is 327 g/mol. The van der Waals surface area contributed by atoms with Crippen molar-refractivity contribution in [2.75, 3.05) is 12.4 Å². The summed E-state index contributed by atoms with van der Waals surface area (Å²) in [4.78, 5) is 24.3. The van der Waals surface area contributed by atoms with Crippen LogP contribution in [-0.2, 0) is 0 Å². The molecular weight excluding hydrogens is 314 g/mol. The zero-order chi connectivity index (χ0) is 15.1. The molecule has 0 bridgehead atoms. The fraction of sp³-hybridized carbons (Fsp3) is 0.308. The third kappa shape index (κ3) is 5.28. The van der Waals surface area contributed by atoms with Gasteiger partial charge in [-0.05, 0) is 42.9 Å². The molecule has 0 radical (unpaired) electrons. The summed E-state index contributed by atoms with van der Waals surface area (Å²) in [5.41, 5.74) is -1.05. The van der Waals surface area contributed by atoms with Crippen molar-refractivity contribution in [3.8, 4) is 5.75 Å². The second-order valence-corrected chi connectivity index (χ2v) is 5.69. The van der Waals surface area contributed by atoms with E-state index in [-0.39, 0.29) is 5.03 Å². The molecule has 2 N–H and O–H groups in total. The third-order valence-corrected chi connectivity index (χ3v) is 3.84. The molecule has 2 aromatic rings. The van der Waals surface area contributed by atoms with Gasteiger partial charge in [0.25, 0.3) is 5.56 Å². The fourth-order valence-electron chi connectivity index (χ4n) is 1.53. The van der Waals surface area contributed by atoms with E-state index in [4.69, 9.17) is 16.3 Å². The number of nitrogens with zero attached hydrogens (tertiary/aromatic N) is 1. The molecule has 0 fully saturated rings. The van der Waals surface area contributed by atoms with E-state index in [0.29, 0.717) is 11.6 Å². The van der Waals surface area contributed by atoms with Gasteiger partial charge in [0.05, 0.1) is 6.61 Å². The third-order valence-electron chi connectivity index (χ3n) is 2.54. The summed E-state index contributed by atoms with van der Waals surface area (Å²) in [6.07, 6.45) is 1.73. The van der Waals surface area contributed by atoms with Crippen molar-refractivity contribution in [3.63, 3.8) is 0 Å². The molecule has 1 aromatic carbocycles. The van der Waals surface area contributed by atoms with E-state index in [2.05, 4.69) is 15.2 Å². The SMILES string of the molecule is O=c1[nH]nc(SCCCCOc2ccc(Cl)cc2)c(=O)[nH]1. The molecule has 0 amide bonds. The number of thioether (sulfide) groups is 1. The first-order valence-corrected chi connectivity index (χ1v) is 7.71. The predicted octanol–water partition coefficient (Wildman–Crippen LogP) is 2.06. The molecule has 6 nitrogen and oxygen atoms in total. The molecule has 2 rings (SSSR count). The van der Waals surface area contributed by atoms with Crippen molar-refractivity contribution in [1.82, 2.24) is 15.2 Å². The quantitative estimate of drug-likeness (QED) is 0.600. The van der Waals surface area contributed by atoms with Gasteiger partial charge in [0.2, 0.25) is 0 Å². The summed E-state index contributed by atoms with van der Waals surface area (Å²) in [6, 6.07) is 7.20. The Kier molecular flexibility index (Phi) is 5.89. The lowest BCUT2D eigenvalue weighted by atomic mass is 10.3. The lowest BCUT2D eigenvalue weighted by Gasteiger charge is -2.05. The summed E-state index contributed by atoms with van der Waals surface area (Å²) < 4.78 is 5.55. The first-order valence-electron chi connectivity index (χ1n) is 6.35. The number of H-pyrrole nitrogens is 2. The van der Waals surface area contributed by atoms with Crippen molar-refractivity contribution >= 4 is 23.4 Å². The molecule has 0 aliphatic rings. The zero-order valence-corrected chi connectivity index (χ0v) is 12.7. The number of ether oxygens (including phenoxy) is 1. The molecule has 0 saturated heterocycles. The maximum absolute atomic E-state index is 11.4. The second kappa shape index (κ2) is 7.90. The Hall–Kier alpha value is -1.73. The number of aromatic nitrogens is 3. The van der Waals surface area contributed by atoms with Crippen LogP contribution in [0, 0.1) is 0 Å². The molecule has 0 unspecified atom stereocenters. The Morgan fingerprint density at radius 2 is 1.95 bits per heavy atom. The number of nitrogens with one attached hydrogen (secondary N) is 2. The Bertz CT molecular complexity index is 684. The molecule has 8 heteroatoms. The number of aromatic amines is 2. The molecule has 21 heavy (non-hydrogen) atoms. The summed E-state index contributed by atoms with van der Waals surface area (Å²) in [7, 11) is 0. The van der Waals surface area contributed by atoms with Gasteiger partial charge in [-0.15, -0.1) is 0 Å². The van der Waals surface area contributed by atoms with Crippen LogP contribution in [0.3, 0.4) is 0 Å². The van der Waals surface area contributed by atoms with Gasteiger partial charge >= 0.3 is 5.69 Å². The van der Waals surface area contributed by atoms with E-state index in [0.717, 1.165) is 24.3 Å². The van der Waals surface area contributed by atoms with Crippen molar-refractivity contribution < 1.29 is 4.74 Å². The van der Waals surface area contributed by atoms with Gasteiger partial charge in [-0.25, -0.2) is 9.89 Å². The average Bonchev–Trinajstić information content (AvgIpc) is 2.46. The molecule has 1 aromatic heterocycles. The average molecular weight is 328 g/mol. The summed E-state index contributed by atoms with van der Waals surface area (Å²) in [5, 5.41) is 6.84. The number of halogens is 1. The van der Waals surface area contributed by atoms with Gasteiger partial charge in [-0.3, -0.25) is 9.78 Å². The topological polar surface area (TPSA) is 87.8 Å². The lowest BCUT2D eigenvalue weighted by Crippen LogP contribution is -2.25. The van der Waals surface area contributed by atoms with Gasteiger partial charge in [0.15, 0.2) is 5.03 Å². The molecule has 112 valence electrons.